The van der Waals surface area contributed by atoms with Crippen molar-refractivity contribution in [2.75, 3.05) is 43.4 Å². The summed E-state index contributed by atoms with van der Waals surface area (Å²) >= 11 is 0. The molecule has 0 unspecified atom stereocenters. The van der Waals surface area contributed by atoms with E-state index in [4.69, 9.17) is 4.74 Å². The van der Waals surface area contributed by atoms with Crippen LogP contribution in [0.3, 0.4) is 0 Å². The summed E-state index contributed by atoms with van der Waals surface area (Å²) in [5.74, 6) is -0.615. The number of aryl methyl sites for hydroxylation is 2. The van der Waals surface area contributed by atoms with E-state index in [2.05, 4.69) is 33.5 Å². The Bertz CT molecular complexity index is 2150. The fraction of sp³-hybridized carbons (Fsp3) is 0.378. The predicted octanol–water partition coefficient (Wildman–Crippen LogP) is 1.77. The molecule has 0 atom stereocenters. The maximum Gasteiger partial charge on any atom is 0.251 e. The van der Waals surface area contributed by atoms with E-state index in [9.17, 15) is 23.1 Å². The summed E-state index contributed by atoms with van der Waals surface area (Å²) < 4.78 is 33.2. The standard InChI is InChI=1S/C37H37N3O6S/c1-2-47(44,45)18-13-38-36(41)24-11-12-25(28(21-24)37(42)43)31-29-19-22-7-3-14-39-16-5-9-26(32(22)39)34(29)46-35-27-10-6-17-40-15-4-8-23(33(27)40)20-30(31)35/h2,11-12,19-21H,1,3-10,13-18H2,(H-,38,41,42,43). The molecule has 0 aliphatic carbocycles. The molecule has 0 saturated heterocycles. The number of amides is 1. The number of carboxylic acid groups (broad SMARTS) is 1. The Kier molecular flexibility index (Phi) is 7.24. The molecule has 0 saturated carbocycles. The molecule has 0 aromatic heterocycles. The third-order valence-electron chi connectivity index (χ3n) is 10.4. The quantitative estimate of drug-likeness (QED) is 0.303. The summed E-state index contributed by atoms with van der Waals surface area (Å²) in [4.78, 5) is 28.4. The molecule has 242 valence electrons. The molecule has 0 spiro atoms. The molecule has 0 bridgehead atoms. The van der Waals surface area contributed by atoms with Gasteiger partial charge in [0.1, 0.15) is 24.6 Å². The van der Waals surface area contributed by atoms with Gasteiger partial charge in [-0.05, 0) is 73.9 Å². The molecule has 5 aliphatic rings. The molecular formula is C37H37N3O6S. The Hall–Kier alpha value is -4.44. The van der Waals surface area contributed by atoms with Gasteiger partial charge in [0.15, 0.2) is 9.84 Å². The van der Waals surface area contributed by atoms with Gasteiger partial charge >= 0.3 is 0 Å². The number of sulfone groups is 1. The van der Waals surface area contributed by atoms with Crippen LogP contribution in [-0.2, 0) is 35.5 Å². The van der Waals surface area contributed by atoms with Gasteiger partial charge in [0, 0.05) is 82.2 Å². The van der Waals surface area contributed by atoms with E-state index in [-0.39, 0.29) is 23.4 Å². The van der Waals surface area contributed by atoms with Crippen molar-refractivity contribution in [1.29, 1.82) is 0 Å². The third kappa shape index (κ3) is 4.96. The number of aromatic carboxylic acids is 1. The molecule has 5 heterocycles. The number of hydrogen-bond donors (Lipinski definition) is 1. The van der Waals surface area contributed by atoms with Crippen molar-refractivity contribution in [2.24, 2.45) is 0 Å². The molecule has 1 N–H and O–H groups in total. The maximum absolute atomic E-state index is 13.1. The Morgan fingerprint density at radius 1 is 0.936 bits per heavy atom. The number of nitrogens with one attached hydrogen (secondary N) is 1. The second-order valence-electron chi connectivity index (χ2n) is 13.2. The monoisotopic (exact) mass is 651 g/mol. The van der Waals surface area contributed by atoms with E-state index in [1.54, 1.807) is 12.1 Å². The van der Waals surface area contributed by atoms with E-state index in [1.165, 1.54) is 39.4 Å². The number of carboxylic acids is 1. The molecule has 3 aromatic carbocycles. The fourth-order valence-electron chi connectivity index (χ4n) is 8.37. The lowest BCUT2D eigenvalue weighted by molar-refractivity contribution is -0.255. The van der Waals surface area contributed by atoms with Crippen LogP contribution >= 0.6 is 0 Å². The molecule has 1 amide bonds. The van der Waals surface area contributed by atoms with E-state index >= 15 is 0 Å². The van der Waals surface area contributed by atoms with E-state index in [0.717, 1.165) is 111 Å². The maximum atomic E-state index is 13.1. The van der Waals surface area contributed by atoms with Crippen LogP contribution in [0.5, 0.6) is 11.5 Å². The summed E-state index contributed by atoms with van der Waals surface area (Å²) in [6.07, 6.45) is 7.87. The van der Waals surface area contributed by atoms with Crippen molar-refractivity contribution in [3.8, 4) is 11.5 Å². The minimum absolute atomic E-state index is 0.0915. The smallest absolute Gasteiger partial charge is 0.251 e. The Morgan fingerprint density at radius 3 is 2.47 bits per heavy atom. The normalized spacial score (nSPS) is 17.5. The van der Waals surface area contributed by atoms with E-state index < -0.39 is 21.7 Å². The topological polar surface area (TPSA) is 119 Å². The van der Waals surface area contributed by atoms with Gasteiger partial charge < -0.3 is 24.9 Å². The van der Waals surface area contributed by atoms with Crippen LogP contribution in [0.1, 0.15) is 79.8 Å². The van der Waals surface area contributed by atoms with Crippen LogP contribution in [-0.4, -0.2) is 58.8 Å². The van der Waals surface area contributed by atoms with Gasteiger partial charge in [-0.15, -0.1) is 0 Å². The van der Waals surface area contributed by atoms with Crippen molar-refractivity contribution in [1.82, 2.24) is 9.89 Å². The summed E-state index contributed by atoms with van der Waals surface area (Å²) in [6, 6.07) is 9.07. The lowest BCUT2D eigenvalue weighted by atomic mass is 9.81. The van der Waals surface area contributed by atoms with Crippen molar-refractivity contribution >= 4 is 33.0 Å². The van der Waals surface area contributed by atoms with Crippen LogP contribution in [0.2, 0.25) is 0 Å². The molecule has 5 aliphatic heterocycles. The summed E-state index contributed by atoms with van der Waals surface area (Å²) in [5, 5.41) is 18.5. The number of fused-ring (bicyclic) bond motifs is 4. The molecule has 47 heavy (non-hydrogen) atoms. The summed E-state index contributed by atoms with van der Waals surface area (Å²) in [6.45, 7) is 7.28. The van der Waals surface area contributed by atoms with Crippen molar-refractivity contribution < 1.29 is 27.9 Å². The lowest BCUT2D eigenvalue weighted by Gasteiger charge is -2.39. The number of benzene rings is 3. The number of hydrogen-bond acceptors (Lipinski definition) is 7. The second kappa shape index (κ2) is 11.4. The van der Waals surface area contributed by atoms with Gasteiger partial charge in [0.2, 0.25) is 5.36 Å². The highest BCUT2D eigenvalue weighted by atomic mass is 32.2. The zero-order valence-electron chi connectivity index (χ0n) is 26.3. The average molecular weight is 652 g/mol. The molecule has 8 rings (SSSR count). The first-order valence-electron chi connectivity index (χ1n) is 16.7. The van der Waals surface area contributed by atoms with Crippen LogP contribution < -0.4 is 35.2 Å². The fourth-order valence-corrected chi connectivity index (χ4v) is 8.92. The van der Waals surface area contributed by atoms with Gasteiger partial charge in [-0.1, -0.05) is 12.6 Å². The largest absolute Gasteiger partial charge is 0.545 e. The van der Waals surface area contributed by atoms with Gasteiger partial charge in [-0.3, -0.25) is 4.79 Å². The second-order valence-corrected chi connectivity index (χ2v) is 15.2. The van der Waals surface area contributed by atoms with Crippen LogP contribution in [0.4, 0.5) is 5.69 Å². The number of carbonyl (C=O) groups is 2. The first-order chi connectivity index (χ1) is 22.7. The Balaban J connectivity index is 1.36. The number of ether oxygens (including phenoxy) is 1. The highest BCUT2D eigenvalue weighted by molar-refractivity contribution is 7.94. The predicted molar refractivity (Wildman–Crippen MR) is 177 cm³/mol. The number of carbonyl (C=O) groups excluding carboxylic acids is 2. The third-order valence-corrected chi connectivity index (χ3v) is 11.7. The number of anilines is 1. The first-order valence-corrected chi connectivity index (χ1v) is 18.4. The molecule has 3 aromatic rings. The van der Waals surface area contributed by atoms with Crippen molar-refractivity contribution in [3.63, 3.8) is 0 Å². The van der Waals surface area contributed by atoms with Crippen LogP contribution in [0, 0.1) is 0 Å². The summed E-state index contributed by atoms with van der Waals surface area (Å²) in [5.41, 5.74) is 8.40. The Labute approximate surface area is 273 Å². The molecule has 9 nitrogen and oxygen atoms in total. The van der Waals surface area contributed by atoms with Crippen molar-refractivity contribution in [2.45, 2.75) is 51.4 Å². The zero-order valence-corrected chi connectivity index (χ0v) is 27.1. The van der Waals surface area contributed by atoms with Crippen LogP contribution in [0.25, 0.3) is 5.57 Å². The zero-order chi connectivity index (χ0) is 32.4. The highest BCUT2D eigenvalue weighted by Gasteiger charge is 2.36. The first kappa shape index (κ1) is 29.9. The van der Waals surface area contributed by atoms with E-state index in [1.807, 2.05) is 0 Å². The molecule has 10 heteroatoms. The van der Waals surface area contributed by atoms with Gasteiger partial charge in [-0.25, -0.2) is 13.0 Å². The van der Waals surface area contributed by atoms with Crippen molar-refractivity contribution in [3.05, 3.63) is 97.4 Å². The van der Waals surface area contributed by atoms with Gasteiger partial charge in [0.05, 0.1) is 17.3 Å². The summed E-state index contributed by atoms with van der Waals surface area (Å²) in [7, 11) is -3.50. The lowest BCUT2D eigenvalue weighted by Crippen LogP contribution is -2.45. The minimum atomic E-state index is -3.50. The minimum Gasteiger partial charge on any atom is -0.545 e. The average Bonchev–Trinajstić information content (AvgIpc) is 3.08. The van der Waals surface area contributed by atoms with Gasteiger partial charge in [0.25, 0.3) is 5.91 Å². The molecule has 0 radical (unpaired) electrons. The highest BCUT2D eigenvalue weighted by Crippen LogP contribution is 2.48. The number of rotatable bonds is 7. The van der Waals surface area contributed by atoms with Gasteiger partial charge in [-0.2, -0.15) is 0 Å². The van der Waals surface area contributed by atoms with Crippen LogP contribution in [0.15, 0.2) is 42.3 Å². The molecule has 0 fully saturated rings. The SMILES string of the molecule is C=CS(=O)(=O)CCNC(=O)c1ccc(C2=c3cc4c5c(c3Oc3c2cc2c6c3CCCN6CCC2)CCC[N+]=5CCC4)c(C(=O)[O-])c1. The Morgan fingerprint density at radius 2 is 1.68 bits per heavy atom. The van der Waals surface area contributed by atoms with E-state index in [0.29, 0.717) is 5.56 Å². The number of nitrogens with zero attached hydrogens (tertiary/aromatic N) is 2. The molecular weight excluding hydrogens is 614 g/mol.